The van der Waals surface area contributed by atoms with Crippen molar-refractivity contribution >= 4 is 29.1 Å². The van der Waals surface area contributed by atoms with E-state index in [4.69, 9.17) is 4.42 Å². The minimum atomic E-state index is -0.138. The molecule has 3 rings (SSSR count). The standard InChI is InChI=1S/C16H15N3O2S/c1-12-15(20)19(11-13-6-3-2-4-7-13)16(22-12)18-17-10-14-8-5-9-21-14/h2-10,12H,11H2,1H3/b17-10-,18-16-/t12-/m0/s1. The molecule has 0 bridgehead atoms. The fourth-order valence-electron chi connectivity index (χ4n) is 2.07. The van der Waals surface area contributed by atoms with Crippen molar-refractivity contribution in [1.82, 2.24) is 4.90 Å². The van der Waals surface area contributed by atoms with Crippen LogP contribution in [0.2, 0.25) is 0 Å². The van der Waals surface area contributed by atoms with E-state index in [1.807, 2.05) is 37.3 Å². The molecule has 6 heteroatoms. The van der Waals surface area contributed by atoms with Crippen LogP contribution in [0.25, 0.3) is 0 Å². The molecule has 112 valence electrons. The van der Waals surface area contributed by atoms with Gasteiger partial charge in [0, 0.05) is 0 Å². The molecule has 1 aromatic heterocycles. The lowest BCUT2D eigenvalue weighted by Crippen LogP contribution is -2.30. The van der Waals surface area contributed by atoms with E-state index in [2.05, 4.69) is 10.2 Å². The summed E-state index contributed by atoms with van der Waals surface area (Å²) in [5.74, 6) is 0.683. The van der Waals surface area contributed by atoms with Crippen LogP contribution in [-0.4, -0.2) is 27.4 Å². The molecule has 0 radical (unpaired) electrons. The first-order valence-electron chi connectivity index (χ1n) is 6.90. The number of benzene rings is 1. The first-order chi connectivity index (χ1) is 10.7. The summed E-state index contributed by atoms with van der Waals surface area (Å²) < 4.78 is 5.16. The SMILES string of the molecule is C[C@@H]1S/C(=N\N=C/c2ccco2)N(Cc2ccccc2)C1=O. The van der Waals surface area contributed by atoms with Crippen molar-refractivity contribution in [1.29, 1.82) is 0 Å². The summed E-state index contributed by atoms with van der Waals surface area (Å²) in [5, 5.41) is 8.66. The van der Waals surface area contributed by atoms with Crippen LogP contribution in [0.1, 0.15) is 18.2 Å². The van der Waals surface area contributed by atoms with E-state index in [1.165, 1.54) is 18.0 Å². The highest BCUT2D eigenvalue weighted by Gasteiger charge is 2.35. The summed E-state index contributed by atoms with van der Waals surface area (Å²) in [5.41, 5.74) is 1.06. The fraction of sp³-hybridized carbons (Fsp3) is 0.188. The highest BCUT2D eigenvalue weighted by atomic mass is 32.2. The van der Waals surface area contributed by atoms with E-state index in [0.29, 0.717) is 17.5 Å². The van der Waals surface area contributed by atoms with Gasteiger partial charge in [-0.05, 0) is 24.6 Å². The summed E-state index contributed by atoms with van der Waals surface area (Å²) in [6.45, 7) is 2.38. The molecule has 1 atom stereocenters. The van der Waals surface area contributed by atoms with Crippen LogP contribution in [0.4, 0.5) is 0 Å². The molecule has 2 heterocycles. The van der Waals surface area contributed by atoms with Crippen molar-refractivity contribution in [3.05, 3.63) is 60.1 Å². The molecule has 1 aliphatic heterocycles. The number of rotatable bonds is 4. The average molecular weight is 313 g/mol. The van der Waals surface area contributed by atoms with E-state index >= 15 is 0 Å². The van der Waals surface area contributed by atoms with E-state index < -0.39 is 0 Å². The number of carbonyl (C=O) groups excluding carboxylic acids is 1. The summed E-state index contributed by atoms with van der Waals surface area (Å²) in [4.78, 5) is 13.9. The molecular weight excluding hydrogens is 298 g/mol. The second-order valence-electron chi connectivity index (χ2n) is 4.81. The number of hydrogen-bond donors (Lipinski definition) is 0. The lowest BCUT2D eigenvalue weighted by atomic mass is 10.2. The molecule has 22 heavy (non-hydrogen) atoms. The van der Waals surface area contributed by atoms with Crippen molar-refractivity contribution in [2.45, 2.75) is 18.7 Å². The van der Waals surface area contributed by atoms with Gasteiger partial charge in [0.25, 0.3) is 0 Å². The molecule has 0 N–H and O–H groups in total. The van der Waals surface area contributed by atoms with Gasteiger partial charge in [0.15, 0.2) is 5.17 Å². The summed E-state index contributed by atoms with van der Waals surface area (Å²) >= 11 is 1.42. The Morgan fingerprint density at radius 2 is 2.09 bits per heavy atom. The Kier molecular flexibility index (Phi) is 4.39. The van der Waals surface area contributed by atoms with Crippen LogP contribution >= 0.6 is 11.8 Å². The van der Waals surface area contributed by atoms with E-state index in [1.54, 1.807) is 23.3 Å². The van der Waals surface area contributed by atoms with Crippen LogP contribution in [-0.2, 0) is 11.3 Å². The van der Waals surface area contributed by atoms with E-state index in [9.17, 15) is 4.79 Å². The zero-order valence-electron chi connectivity index (χ0n) is 12.0. The van der Waals surface area contributed by atoms with Gasteiger partial charge in [-0.3, -0.25) is 9.69 Å². The van der Waals surface area contributed by atoms with Gasteiger partial charge in [-0.2, -0.15) is 5.10 Å². The van der Waals surface area contributed by atoms with Crippen LogP contribution in [0.3, 0.4) is 0 Å². The molecule has 1 saturated heterocycles. The number of amides is 1. The Morgan fingerprint density at radius 3 is 2.82 bits per heavy atom. The number of nitrogens with zero attached hydrogens (tertiary/aromatic N) is 3. The molecule has 0 aliphatic carbocycles. The fourth-order valence-corrected chi connectivity index (χ4v) is 3.00. The lowest BCUT2D eigenvalue weighted by molar-refractivity contribution is -0.126. The van der Waals surface area contributed by atoms with Gasteiger partial charge in [-0.15, -0.1) is 5.10 Å². The third-order valence-electron chi connectivity index (χ3n) is 3.18. The molecule has 2 aromatic rings. The number of hydrogen-bond acceptors (Lipinski definition) is 5. The van der Waals surface area contributed by atoms with Gasteiger partial charge in [0.1, 0.15) is 5.76 Å². The summed E-state index contributed by atoms with van der Waals surface area (Å²) in [6, 6.07) is 13.4. The predicted molar refractivity (Wildman–Crippen MR) is 87.8 cm³/mol. The molecule has 0 saturated carbocycles. The van der Waals surface area contributed by atoms with E-state index in [-0.39, 0.29) is 11.2 Å². The smallest absolute Gasteiger partial charge is 0.242 e. The number of carbonyl (C=O) groups is 1. The normalized spacial score (nSPS) is 20.4. The molecule has 0 unspecified atom stereocenters. The van der Waals surface area contributed by atoms with Crippen molar-refractivity contribution in [2.75, 3.05) is 0 Å². The van der Waals surface area contributed by atoms with Crippen LogP contribution < -0.4 is 0 Å². The van der Waals surface area contributed by atoms with Gasteiger partial charge in [-0.1, -0.05) is 42.1 Å². The first kappa shape index (κ1) is 14.6. The van der Waals surface area contributed by atoms with Gasteiger partial charge in [-0.25, -0.2) is 0 Å². The predicted octanol–water partition coefficient (Wildman–Crippen LogP) is 3.13. The third-order valence-corrected chi connectivity index (χ3v) is 4.25. The third kappa shape index (κ3) is 3.28. The number of furan rings is 1. The molecule has 5 nitrogen and oxygen atoms in total. The van der Waals surface area contributed by atoms with Gasteiger partial charge in [0.05, 0.1) is 24.3 Å². The minimum Gasteiger partial charge on any atom is -0.463 e. The Balaban J connectivity index is 1.77. The van der Waals surface area contributed by atoms with Gasteiger partial charge < -0.3 is 4.42 Å². The minimum absolute atomic E-state index is 0.0563. The Bertz CT molecular complexity index is 695. The van der Waals surface area contributed by atoms with Gasteiger partial charge in [0.2, 0.25) is 5.91 Å². The van der Waals surface area contributed by atoms with E-state index in [0.717, 1.165) is 5.56 Å². The Morgan fingerprint density at radius 1 is 1.27 bits per heavy atom. The topological polar surface area (TPSA) is 58.2 Å². The summed E-state index contributed by atoms with van der Waals surface area (Å²) in [7, 11) is 0. The Labute approximate surface area is 132 Å². The zero-order chi connectivity index (χ0) is 15.4. The first-order valence-corrected chi connectivity index (χ1v) is 7.78. The Hall–Kier alpha value is -2.34. The maximum Gasteiger partial charge on any atom is 0.242 e. The van der Waals surface area contributed by atoms with Crippen molar-refractivity contribution in [3.63, 3.8) is 0 Å². The van der Waals surface area contributed by atoms with Crippen LogP contribution in [0.5, 0.6) is 0 Å². The molecule has 1 aliphatic rings. The van der Waals surface area contributed by atoms with Crippen LogP contribution in [0.15, 0.2) is 63.3 Å². The maximum atomic E-state index is 12.3. The highest BCUT2D eigenvalue weighted by Crippen LogP contribution is 2.28. The molecular formula is C16H15N3O2S. The molecule has 0 spiro atoms. The number of thioether (sulfide) groups is 1. The average Bonchev–Trinajstić information content (AvgIpc) is 3.13. The summed E-state index contributed by atoms with van der Waals surface area (Å²) in [6.07, 6.45) is 3.11. The molecule has 1 amide bonds. The second-order valence-corrected chi connectivity index (χ2v) is 6.12. The monoisotopic (exact) mass is 313 g/mol. The maximum absolute atomic E-state index is 12.3. The zero-order valence-corrected chi connectivity index (χ0v) is 12.9. The quantitative estimate of drug-likeness (QED) is 0.643. The molecule has 1 aromatic carbocycles. The molecule has 1 fully saturated rings. The van der Waals surface area contributed by atoms with Gasteiger partial charge >= 0.3 is 0 Å². The van der Waals surface area contributed by atoms with Crippen LogP contribution in [0, 0.1) is 0 Å². The van der Waals surface area contributed by atoms with Crippen molar-refractivity contribution in [2.24, 2.45) is 10.2 Å². The second kappa shape index (κ2) is 6.62. The largest absolute Gasteiger partial charge is 0.463 e. The highest BCUT2D eigenvalue weighted by molar-refractivity contribution is 8.15. The lowest BCUT2D eigenvalue weighted by Gasteiger charge is -2.15. The van der Waals surface area contributed by atoms with Crippen molar-refractivity contribution < 1.29 is 9.21 Å². The number of amidine groups is 1. The van der Waals surface area contributed by atoms with Crippen molar-refractivity contribution in [3.8, 4) is 0 Å².